The van der Waals surface area contributed by atoms with Gasteiger partial charge in [0.05, 0.1) is 5.02 Å². The van der Waals surface area contributed by atoms with E-state index < -0.39 is 9.05 Å². The lowest BCUT2D eigenvalue weighted by Gasteiger charge is -2.11. The molecule has 1 aromatic heterocycles. The summed E-state index contributed by atoms with van der Waals surface area (Å²) >= 11 is 9.15. The third-order valence-electron chi connectivity index (χ3n) is 2.39. The van der Waals surface area contributed by atoms with E-state index in [4.69, 9.17) is 27.0 Å². The van der Waals surface area contributed by atoms with Crippen LogP contribution in [0, 0.1) is 0 Å². The van der Waals surface area contributed by atoms with Crippen molar-refractivity contribution < 1.29 is 13.2 Å². The molecule has 2 aromatic rings. The van der Waals surface area contributed by atoms with Crippen LogP contribution in [-0.4, -0.2) is 23.2 Å². The first-order chi connectivity index (χ1) is 9.29. The number of hydrogen-bond acceptors (Lipinski definition) is 5. The van der Waals surface area contributed by atoms with Crippen LogP contribution in [0.25, 0.3) is 0 Å². The number of benzene rings is 1. The average molecular weight is 401 g/mol. The largest absolute Gasteiger partial charge is 0.483 e. The van der Waals surface area contributed by atoms with E-state index in [-0.39, 0.29) is 22.3 Å². The lowest BCUT2D eigenvalue weighted by molar-refractivity contribution is 0.282. The molecule has 10 heteroatoms. The fourth-order valence-corrected chi connectivity index (χ4v) is 3.52. The molecule has 0 aliphatic heterocycles. The Morgan fingerprint density at radius 3 is 2.70 bits per heavy atom. The topological polar surface area (TPSA) is 74.1 Å². The van der Waals surface area contributed by atoms with Gasteiger partial charge in [0.2, 0.25) is 0 Å². The van der Waals surface area contributed by atoms with Crippen molar-refractivity contribution in [3.63, 3.8) is 0 Å². The smallest absolute Gasteiger partial charge is 0.265 e. The highest BCUT2D eigenvalue weighted by Gasteiger charge is 2.21. The Labute approximate surface area is 133 Å². The van der Waals surface area contributed by atoms with Crippen LogP contribution in [0.4, 0.5) is 0 Å². The third-order valence-corrected chi connectivity index (χ3v) is 4.45. The van der Waals surface area contributed by atoms with Gasteiger partial charge in [0.1, 0.15) is 17.8 Å². The first-order valence-corrected chi connectivity index (χ1v) is 8.66. The van der Waals surface area contributed by atoms with Crippen LogP contribution in [0.15, 0.2) is 27.8 Å². The minimum absolute atomic E-state index is 0.0112. The van der Waals surface area contributed by atoms with E-state index >= 15 is 0 Å². The van der Waals surface area contributed by atoms with Crippen molar-refractivity contribution in [2.24, 2.45) is 7.05 Å². The molecule has 0 radical (unpaired) electrons. The monoisotopic (exact) mass is 399 g/mol. The summed E-state index contributed by atoms with van der Waals surface area (Å²) in [4.78, 5) is 3.75. The van der Waals surface area contributed by atoms with Gasteiger partial charge in [-0.15, -0.1) is 0 Å². The minimum atomic E-state index is -3.99. The van der Waals surface area contributed by atoms with Crippen LogP contribution in [0.2, 0.25) is 5.02 Å². The summed E-state index contributed by atoms with van der Waals surface area (Å²) in [6, 6.07) is 2.83. The molecule has 0 saturated heterocycles. The first-order valence-electron chi connectivity index (χ1n) is 5.18. The Balaban J connectivity index is 2.38. The number of rotatable bonds is 4. The summed E-state index contributed by atoms with van der Waals surface area (Å²) in [6.45, 7) is 0.0112. The van der Waals surface area contributed by atoms with Gasteiger partial charge in [0.25, 0.3) is 9.05 Å². The van der Waals surface area contributed by atoms with Gasteiger partial charge in [-0.3, -0.25) is 4.68 Å². The maximum atomic E-state index is 11.6. The van der Waals surface area contributed by atoms with Gasteiger partial charge in [-0.05, 0) is 12.1 Å². The number of halogens is 3. The molecule has 20 heavy (non-hydrogen) atoms. The van der Waals surface area contributed by atoms with Crippen LogP contribution in [0.5, 0.6) is 5.75 Å². The number of nitrogens with zero attached hydrogens (tertiary/aromatic N) is 3. The molecule has 0 bridgehead atoms. The molecule has 0 spiro atoms. The van der Waals surface area contributed by atoms with E-state index in [2.05, 4.69) is 26.0 Å². The Bertz CT molecular complexity index is 748. The standard InChI is InChI=1S/C10H8BrCl2N3O3S/c1-16-9(14-5-15-16)4-19-10-7(12)2-6(11)3-8(10)20(13,17)18/h2-3,5H,4H2,1H3. The lowest BCUT2D eigenvalue weighted by atomic mass is 10.3. The lowest BCUT2D eigenvalue weighted by Crippen LogP contribution is -2.07. The molecular weight excluding hydrogens is 393 g/mol. The summed E-state index contributed by atoms with van der Waals surface area (Å²) in [6.07, 6.45) is 1.36. The Morgan fingerprint density at radius 1 is 1.45 bits per heavy atom. The first kappa shape index (κ1) is 15.6. The Kier molecular flexibility index (Phi) is 4.58. The summed E-state index contributed by atoms with van der Waals surface area (Å²) in [7, 11) is 3.08. The highest BCUT2D eigenvalue weighted by Crippen LogP contribution is 2.37. The molecule has 0 saturated carbocycles. The van der Waals surface area contributed by atoms with E-state index in [0.717, 1.165) is 0 Å². The maximum absolute atomic E-state index is 11.6. The molecule has 2 rings (SSSR count). The fraction of sp³-hybridized carbons (Fsp3) is 0.200. The number of aryl methyl sites for hydroxylation is 1. The molecule has 0 aliphatic rings. The predicted octanol–water partition coefficient (Wildman–Crippen LogP) is 2.74. The molecule has 0 aliphatic carbocycles. The normalized spacial score (nSPS) is 11.6. The molecule has 0 amide bonds. The van der Waals surface area contributed by atoms with E-state index in [9.17, 15) is 8.42 Å². The number of ether oxygens (including phenoxy) is 1. The second kappa shape index (κ2) is 5.88. The van der Waals surface area contributed by atoms with E-state index in [1.807, 2.05) is 0 Å². The molecule has 0 atom stereocenters. The molecule has 1 heterocycles. The molecular formula is C10H8BrCl2N3O3S. The zero-order valence-corrected chi connectivity index (χ0v) is 14.0. The van der Waals surface area contributed by atoms with Crippen molar-refractivity contribution in [1.29, 1.82) is 0 Å². The molecule has 6 nitrogen and oxygen atoms in total. The van der Waals surface area contributed by atoms with Crippen LogP contribution in [-0.2, 0) is 22.7 Å². The Hall–Kier alpha value is -0.830. The second-order valence-corrected chi connectivity index (χ2v) is 7.60. The summed E-state index contributed by atoms with van der Waals surface area (Å²) in [5.41, 5.74) is 0. The van der Waals surface area contributed by atoms with E-state index in [1.165, 1.54) is 23.1 Å². The highest BCUT2D eigenvalue weighted by atomic mass is 79.9. The van der Waals surface area contributed by atoms with Crippen LogP contribution in [0.1, 0.15) is 5.82 Å². The average Bonchev–Trinajstić information content (AvgIpc) is 2.72. The van der Waals surface area contributed by atoms with Gasteiger partial charge in [-0.25, -0.2) is 13.4 Å². The van der Waals surface area contributed by atoms with Crippen molar-refractivity contribution in [2.45, 2.75) is 11.5 Å². The van der Waals surface area contributed by atoms with Crippen LogP contribution < -0.4 is 4.74 Å². The van der Waals surface area contributed by atoms with Crippen molar-refractivity contribution >= 4 is 47.3 Å². The van der Waals surface area contributed by atoms with Crippen LogP contribution >= 0.6 is 38.2 Å². The summed E-state index contributed by atoms with van der Waals surface area (Å²) < 4.78 is 30.5. The highest BCUT2D eigenvalue weighted by molar-refractivity contribution is 9.10. The zero-order valence-electron chi connectivity index (χ0n) is 10.0. The van der Waals surface area contributed by atoms with E-state index in [1.54, 1.807) is 7.05 Å². The molecule has 1 aromatic carbocycles. The van der Waals surface area contributed by atoms with Crippen molar-refractivity contribution in [2.75, 3.05) is 0 Å². The molecule has 108 valence electrons. The molecule has 0 fully saturated rings. The van der Waals surface area contributed by atoms with E-state index in [0.29, 0.717) is 10.3 Å². The third kappa shape index (κ3) is 3.43. The van der Waals surface area contributed by atoms with Gasteiger partial charge in [0.15, 0.2) is 11.6 Å². The predicted molar refractivity (Wildman–Crippen MR) is 77.5 cm³/mol. The van der Waals surface area contributed by atoms with Gasteiger partial charge in [-0.1, -0.05) is 27.5 Å². The maximum Gasteiger partial charge on any atom is 0.265 e. The van der Waals surface area contributed by atoms with Crippen LogP contribution in [0.3, 0.4) is 0 Å². The van der Waals surface area contributed by atoms with Gasteiger partial charge < -0.3 is 4.74 Å². The minimum Gasteiger partial charge on any atom is -0.483 e. The second-order valence-electron chi connectivity index (χ2n) is 3.74. The molecule has 0 N–H and O–H groups in total. The van der Waals surface area contributed by atoms with Gasteiger partial charge in [0, 0.05) is 22.2 Å². The molecule has 0 unspecified atom stereocenters. The SMILES string of the molecule is Cn1ncnc1COc1c(Cl)cc(Br)cc1S(=O)(=O)Cl. The fourth-order valence-electron chi connectivity index (χ4n) is 1.45. The zero-order chi connectivity index (χ0) is 14.9. The van der Waals surface area contributed by atoms with Gasteiger partial charge in [-0.2, -0.15) is 5.10 Å². The number of aromatic nitrogens is 3. The number of hydrogen-bond donors (Lipinski definition) is 0. The van der Waals surface area contributed by atoms with Crippen molar-refractivity contribution in [3.05, 3.63) is 33.8 Å². The van der Waals surface area contributed by atoms with Crippen molar-refractivity contribution in [3.8, 4) is 5.75 Å². The summed E-state index contributed by atoms with van der Waals surface area (Å²) in [5, 5.41) is 4.00. The quantitative estimate of drug-likeness (QED) is 0.737. The van der Waals surface area contributed by atoms with Gasteiger partial charge >= 0.3 is 0 Å². The summed E-state index contributed by atoms with van der Waals surface area (Å²) in [5.74, 6) is 0.495. The Morgan fingerprint density at radius 2 is 2.15 bits per heavy atom. The van der Waals surface area contributed by atoms with Crippen molar-refractivity contribution in [1.82, 2.24) is 14.8 Å².